The number of alkyl halides is 1. The van der Waals surface area contributed by atoms with Crippen molar-refractivity contribution in [1.82, 2.24) is 0 Å². The van der Waals surface area contributed by atoms with Crippen LogP contribution in [0.25, 0.3) is 0 Å². The molecule has 0 saturated heterocycles. The number of hydrogen-bond donors (Lipinski definition) is 0. The number of esters is 1. The monoisotopic (exact) mass is 234 g/mol. The molecular weight excluding hydrogens is 226 g/mol. The van der Waals surface area contributed by atoms with Crippen LogP contribution in [0.15, 0.2) is 12.1 Å². The Kier molecular flexibility index (Phi) is 4.03. The van der Waals surface area contributed by atoms with Crippen molar-refractivity contribution in [3.8, 4) is 0 Å². The molecule has 1 aromatic carbocycles. The summed E-state index contributed by atoms with van der Waals surface area (Å²) >= 11 is 5.44. The topological polar surface area (TPSA) is 26.3 Å². The predicted octanol–water partition coefficient (Wildman–Crippen LogP) is 2.88. The minimum atomic E-state index is -1.10. The molecule has 82 valence electrons. The molecule has 0 amide bonds. The van der Waals surface area contributed by atoms with E-state index < -0.39 is 17.6 Å². The zero-order chi connectivity index (χ0) is 11.4. The fraction of sp³-hybridized carbons (Fsp3) is 0.300. The molecule has 0 aliphatic carbocycles. The summed E-state index contributed by atoms with van der Waals surface area (Å²) in [7, 11) is 0. The molecule has 0 aliphatic rings. The van der Waals surface area contributed by atoms with E-state index in [0.29, 0.717) is 0 Å². The van der Waals surface area contributed by atoms with Gasteiger partial charge in [0.2, 0.25) is 0 Å². The molecule has 5 heteroatoms. The Morgan fingerprint density at radius 3 is 2.67 bits per heavy atom. The molecule has 0 unspecified atom stereocenters. The van der Waals surface area contributed by atoms with Gasteiger partial charge in [0.15, 0.2) is 11.6 Å². The summed E-state index contributed by atoms with van der Waals surface area (Å²) in [5.41, 5.74) is -0.208. The average Bonchev–Trinajstić information content (AvgIpc) is 2.22. The van der Waals surface area contributed by atoms with Crippen molar-refractivity contribution >= 4 is 17.6 Å². The van der Waals surface area contributed by atoms with Crippen LogP contribution in [0.1, 0.15) is 22.8 Å². The Labute approximate surface area is 90.8 Å². The molecule has 1 rings (SSSR count). The molecule has 0 heterocycles. The second-order valence-corrected chi connectivity index (χ2v) is 3.01. The number of benzene rings is 1. The highest BCUT2D eigenvalue weighted by Crippen LogP contribution is 2.19. The first-order valence-electron chi connectivity index (χ1n) is 4.31. The smallest absolute Gasteiger partial charge is 0.338 e. The lowest BCUT2D eigenvalue weighted by atomic mass is 10.1. The second kappa shape index (κ2) is 5.07. The third-order valence-corrected chi connectivity index (χ3v) is 2.09. The maximum absolute atomic E-state index is 13.2. The Morgan fingerprint density at radius 2 is 2.13 bits per heavy atom. The molecular formula is C10H9ClF2O2. The predicted molar refractivity (Wildman–Crippen MR) is 51.9 cm³/mol. The number of ether oxygens (including phenoxy) is 1. The van der Waals surface area contributed by atoms with E-state index in [1.165, 1.54) is 0 Å². The fourth-order valence-electron chi connectivity index (χ4n) is 1.12. The first-order chi connectivity index (χ1) is 7.11. The van der Waals surface area contributed by atoms with Crippen molar-refractivity contribution in [2.24, 2.45) is 0 Å². The normalized spacial score (nSPS) is 10.1. The van der Waals surface area contributed by atoms with Gasteiger partial charge in [-0.3, -0.25) is 0 Å². The van der Waals surface area contributed by atoms with Crippen LogP contribution in [0, 0.1) is 11.6 Å². The molecule has 15 heavy (non-hydrogen) atoms. The highest BCUT2D eigenvalue weighted by atomic mass is 35.5. The summed E-state index contributed by atoms with van der Waals surface area (Å²) in [6.45, 7) is 1.79. The minimum absolute atomic E-state index is 0.0363. The standard InChI is InChI=1S/C10H9ClF2O2/c1-2-15-10(14)6-3-4-8(12)9(13)7(6)5-11/h3-4H,2,5H2,1H3. The van der Waals surface area contributed by atoms with Gasteiger partial charge in [-0.1, -0.05) is 0 Å². The van der Waals surface area contributed by atoms with E-state index >= 15 is 0 Å². The first-order valence-corrected chi connectivity index (χ1v) is 4.85. The Balaban J connectivity index is 3.18. The third-order valence-electron chi connectivity index (χ3n) is 1.83. The fourth-order valence-corrected chi connectivity index (χ4v) is 1.38. The molecule has 0 bridgehead atoms. The highest BCUT2D eigenvalue weighted by molar-refractivity contribution is 6.17. The summed E-state index contributed by atoms with van der Waals surface area (Å²) in [6, 6.07) is 2.03. The van der Waals surface area contributed by atoms with E-state index in [0.717, 1.165) is 12.1 Å². The number of carbonyl (C=O) groups is 1. The zero-order valence-corrected chi connectivity index (χ0v) is 8.78. The van der Waals surface area contributed by atoms with E-state index in [1.54, 1.807) is 6.92 Å². The van der Waals surface area contributed by atoms with Crippen LogP contribution in [0.5, 0.6) is 0 Å². The lowest BCUT2D eigenvalue weighted by molar-refractivity contribution is 0.0524. The van der Waals surface area contributed by atoms with Crippen LogP contribution in [0.3, 0.4) is 0 Å². The highest BCUT2D eigenvalue weighted by Gasteiger charge is 2.18. The van der Waals surface area contributed by atoms with Gasteiger partial charge in [-0.25, -0.2) is 13.6 Å². The van der Waals surface area contributed by atoms with Gasteiger partial charge >= 0.3 is 5.97 Å². The van der Waals surface area contributed by atoms with Crippen LogP contribution in [0.4, 0.5) is 8.78 Å². The van der Waals surface area contributed by atoms with Gasteiger partial charge in [0.25, 0.3) is 0 Å². The number of hydrogen-bond acceptors (Lipinski definition) is 2. The molecule has 0 spiro atoms. The van der Waals surface area contributed by atoms with Crippen LogP contribution in [0.2, 0.25) is 0 Å². The first kappa shape index (κ1) is 11.9. The molecule has 0 aliphatic heterocycles. The van der Waals surface area contributed by atoms with Gasteiger partial charge in [-0.2, -0.15) is 0 Å². The summed E-state index contributed by atoms with van der Waals surface area (Å²) < 4.78 is 30.7. The molecule has 0 aromatic heterocycles. The minimum Gasteiger partial charge on any atom is -0.462 e. The number of rotatable bonds is 3. The zero-order valence-electron chi connectivity index (χ0n) is 8.02. The second-order valence-electron chi connectivity index (χ2n) is 2.74. The molecule has 0 atom stereocenters. The van der Waals surface area contributed by atoms with Crippen LogP contribution < -0.4 is 0 Å². The summed E-state index contributed by atoms with van der Waals surface area (Å²) in [5, 5.41) is 0. The number of halogens is 3. The average molecular weight is 235 g/mol. The summed E-state index contributed by atoms with van der Waals surface area (Å²) in [4.78, 5) is 11.3. The van der Waals surface area contributed by atoms with Crippen LogP contribution >= 0.6 is 11.6 Å². The van der Waals surface area contributed by atoms with Gasteiger partial charge in [0, 0.05) is 5.56 Å². The van der Waals surface area contributed by atoms with Gasteiger partial charge < -0.3 is 4.74 Å². The maximum Gasteiger partial charge on any atom is 0.338 e. The van der Waals surface area contributed by atoms with E-state index in [-0.39, 0.29) is 23.6 Å². The lowest BCUT2D eigenvalue weighted by Gasteiger charge is -2.07. The van der Waals surface area contributed by atoms with Crippen LogP contribution in [-0.2, 0) is 10.6 Å². The summed E-state index contributed by atoms with van der Waals surface area (Å²) in [5.74, 6) is -3.11. The van der Waals surface area contributed by atoms with Crippen molar-refractivity contribution in [1.29, 1.82) is 0 Å². The van der Waals surface area contributed by atoms with Crippen molar-refractivity contribution < 1.29 is 18.3 Å². The van der Waals surface area contributed by atoms with Gasteiger partial charge in [0.05, 0.1) is 18.1 Å². The largest absolute Gasteiger partial charge is 0.462 e. The lowest BCUT2D eigenvalue weighted by Crippen LogP contribution is -2.10. The van der Waals surface area contributed by atoms with Crippen LogP contribution in [-0.4, -0.2) is 12.6 Å². The van der Waals surface area contributed by atoms with Crippen molar-refractivity contribution in [2.75, 3.05) is 6.61 Å². The molecule has 2 nitrogen and oxygen atoms in total. The van der Waals surface area contributed by atoms with E-state index in [2.05, 4.69) is 4.74 Å². The maximum atomic E-state index is 13.2. The Hall–Kier alpha value is -1.16. The quantitative estimate of drug-likeness (QED) is 0.594. The Morgan fingerprint density at radius 1 is 1.47 bits per heavy atom. The van der Waals surface area contributed by atoms with Gasteiger partial charge in [-0.15, -0.1) is 11.6 Å². The van der Waals surface area contributed by atoms with E-state index in [4.69, 9.17) is 11.6 Å². The van der Waals surface area contributed by atoms with Gasteiger partial charge in [-0.05, 0) is 19.1 Å². The van der Waals surface area contributed by atoms with E-state index in [1.807, 2.05) is 0 Å². The van der Waals surface area contributed by atoms with Crippen molar-refractivity contribution in [3.05, 3.63) is 34.9 Å². The molecule has 0 radical (unpaired) electrons. The van der Waals surface area contributed by atoms with Crippen molar-refractivity contribution in [3.63, 3.8) is 0 Å². The molecule has 0 fully saturated rings. The molecule has 0 N–H and O–H groups in total. The van der Waals surface area contributed by atoms with Gasteiger partial charge in [0.1, 0.15) is 0 Å². The molecule has 0 saturated carbocycles. The SMILES string of the molecule is CCOC(=O)c1ccc(F)c(F)c1CCl. The number of carbonyl (C=O) groups excluding carboxylic acids is 1. The summed E-state index contributed by atoms with van der Waals surface area (Å²) in [6.07, 6.45) is 0. The van der Waals surface area contributed by atoms with E-state index in [9.17, 15) is 13.6 Å². The third kappa shape index (κ3) is 2.45. The van der Waals surface area contributed by atoms with Crippen molar-refractivity contribution in [2.45, 2.75) is 12.8 Å². The Bertz CT molecular complexity index is 380. The molecule has 1 aromatic rings.